The first-order chi connectivity index (χ1) is 14.1. The molecule has 29 heavy (non-hydrogen) atoms. The third-order valence-electron chi connectivity index (χ3n) is 4.92. The topological polar surface area (TPSA) is 92.3 Å². The molecule has 146 valence electrons. The quantitative estimate of drug-likeness (QED) is 0.672. The molecule has 1 saturated heterocycles. The predicted octanol–water partition coefficient (Wildman–Crippen LogP) is 3.73. The normalized spacial score (nSPS) is 15.9. The molecule has 7 nitrogen and oxygen atoms in total. The minimum atomic E-state index is -0.722. The number of likely N-dealkylation sites (tertiary alicyclic amines) is 1. The lowest BCUT2D eigenvalue weighted by molar-refractivity contribution is 0.0705. The second-order valence-electron chi connectivity index (χ2n) is 6.62. The maximum absolute atomic E-state index is 14.3. The van der Waals surface area contributed by atoms with Crippen LogP contribution in [0.5, 0.6) is 5.75 Å². The van der Waals surface area contributed by atoms with Gasteiger partial charge >= 0.3 is 0 Å². The second-order valence-corrected chi connectivity index (χ2v) is 6.62. The van der Waals surface area contributed by atoms with Gasteiger partial charge in [0.25, 0.3) is 5.91 Å². The van der Waals surface area contributed by atoms with E-state index in [2.05, 4.69) is 10.1 Å². The van der Waals surface area contributed by atoms with Gasteiger partial charge in [0.05, 0.1) is 29.9 Å². The lowest BCUT2D eigenvalue weighted by Gasteiger charge is -2.22. The molecule has 2 heterocycles. The maximum atomic E-state index is 14.3. The Bertz CT molecular complexity index is 1110. The molecule has 0 saturated carbocycles. The molecule has 1 fully saturated rings. The van der Waals surface area contributed by atoms with Gasteiger partial charge in [-0.2, -0.15) is 10.2 Å². The van der Waals surface area contributed by atoms with Gasteiger partial charge in [0.1, 0.15) is 17.6 Å². The SMILES string of the molecule is COc1ccccc1-c1noc(C2CCCN2C(=O)c2ccc(C#N)cc2F)n1. The smallest absolute Gasteiger partial charge is 0.257 e. The van der Waals surface area contributed by atoms with Gasteiger partial charge < -0.3 is 14.2 Å². The summed E-state index contributed by atoms with van der Waals surface area (Å²) in [6.45, 7) is 0.454. The summed E-state index contributed by atoms with van der Waals surface area (Å²) in [6, 6.07) is 12.5. The average Bonchev–Trinajstić information content (AvgIpc) is 3.42. The van der Waals surface area contributed by atoms with Gasteiger partial charge in [0.15, 0.2) is 0 Å². The summed E-state index contributed by atoms with van der Waals surface area (Å²) in [5.41, 5.74) is 0.759. The fourth-order valence-electron chi connectivity index (χ4n) is 3.49. The van der Waals surface area contributed by atoms with E-state index in [1.807, 2.05) is 24.3 Å². The number of nitriles is 1. The summed E-state index contributed by atoms with van der Waals surface area (Å²) < 4.78 is 25.1. The van der Waals surface area contributed by atoms with Crippen LogP contribution in [0.15, 0.2) is 47.0 Å². The van der Waals surface area contributed by atoms with Gasteiger partial charge in [-0.1, -0.05) is 17.3 Å². The van der Waals surface area contributed by atoms with Crippen LogP contribution in [0.4, 0.5) is 4.39 Å². The van der Waals surface area contributed by atoms with E-state index in [4.69, 9.17) is 14.5 Å². The molecule has 1 unspecified atom stereocenters. The first-order valence-corrected chi connectivity index (χ1v) is 9.10. The van der Waals surface area contributed by atoms with Crippen molar-refractivity contribution in [3.63, 3.8) is 0 Å². The van der Waals surface area contributed by atoms with Gasteiger partial charge in [-0.25, -0.2) is 4.39 Å². The zero-order valence-corrected chi connectivity index (χ0v) is 15.6. The monoisotopic (exact) mass is 392 g/mol. The summed E-state index contributed by atoms with van der Waals surface area (Å²) in [6.07, 6.45) is 1.37. The molecule has 8 heteroatoms. The Balaban J connectivity index is 1.62. The summed E-state index contributed by atoms with van der Waals surface area (Å²) in [5.74, 6) is 0.0810. The molecule has 1 aliphatic heterocycles. The van der Waals surface area contributed by atoms with Gasteiger partial charge in [-0.3, -0.25) is 4.79 Å². The predicted molar refractivity (Wildman–Crippen MR) is 100 cm³/mol. The Morgan fingerprint density at radius 2 is 2.17 bits per heavy atom. The lowest BCUT2D eigenvalue weighted by atomic mass is 10.1. The molecule has 4 rings (SSSR count). The summed E-state index contributed by atoms with van der Waals surface area (Å²) in [7, 11) is 1.56. The van der Waals surface area contributed by atoms with E-state index in [1.54, 1.807) is 13.2 Å². The molecule has 0 spiro atoms. The van der Waals surface area contributed by atoms with Crippen LogP contribution in [0.25, 0.3) is 11.4 Å². The van der Waals surface area contributed by atoms with Gasteiger partial charge in [0.2, 0.25) is 11.7 Å². The summed E-state index contributed by atoms with van der Waals surface area (Å²) in [4.78, 5) is 18.9. The van der Waals surface area contributed by atoms with Crippen LogP contribution in [0.1, 0.15) is 40.7 Å². The van der Waals surface area contributed by atoms with Crippen LogP contribution in [0.3, 0.4) is 0 Å². The van der Waals surface area contributed by atoms with E-state index in [0.29, 0.717) is 36.0 Å². The highest BCUT2D eigenvalue weighted by molar-refractivity contribution is 5.95. The Hall–Kier alpha value is -3.73. The number of rotatable bonds is 4. The van der Waals surface area contributed by atoms with Crippen molar-refractivity contribution in [3.05, 3.63) is 65.3 Å². The first-order valence-electron chi connectivity index (χ1n) is 9.10. The minimum absolute atomic E-state index is 0.0830. The van der Waals surface area contributed by atoms with Crippen molar-refractivity contribution in [2.24, 2.45) is 0 Å². The molecule has 0 aliphatic carbocycles. The molecule has 1 amide bonds. The third-order valence-corrected chi connectivity index (χ3v) is 4.92. The van der Waals surface area contributed by atoms with Crippen LogP contribution in [-0.4, -0.2) is 34.6 Å². The molecule has 1 aromatic heterocycles. The number of ether oxygens (including phenoxy) is 1. The Kier molecular flexibility index (Phi) is 4.96. The number of methoxy groups -OCH3 is 1. The number of halogens is 1. The molecule has 1 aliphatic rings. The fourth-order valence-corrected chi connectivity index (χ4v) is 3.49. The van der Waals surface area contributed by atoms with Crippen LogP contribution in [0.2, 0.25) is 0 Å². The maximum Gasteiger partial charge on any atom is 0.257 e. The molecule has 1 atom stereocenters. The number of carbonyl (C=O) groups excluding carboxylic acids is 1. The van der Waals surface area contributed by atoms with E-state index in [0.717, 1.165) is 12.5 Å². The number of hydrogen-bond donors (Lipinski definition) is 0. The molecule has 3 aromatic rings. The van der Waals surface area contributed by atoms with E-state index in [9.17, 15) is 9.18 Å². The number of amides is 1. The third kappa shape index (κ3) is 3.43. The van der Waals surface area contributed by atoms with E-state index in [-0.39, 0.29) is 11.1 Å². The van der Waals surface area contributed by atoms with Gasteiger partial charge in [0, 0.05) is 6.54 Å². The van der Waals surface area contributed by atoms with Crippen molar-refractivity contribution in [1.82, 2.24) is 15.0 Å². The standard InChI is InChI=1S/C21H17FN4O3/c1-28-18-7-3-2-5-15(18)19-24-20(29-25-19)17-6-4-10-26(17)21(27)14-9-8-13(12-23)11-16(14)22/h2-3,5,7-9,11,17H,4,6,10H2,1H3. The summed E-state index contributed by atoms with van der Waals surface area (Å²) >= 11 is 0. The molecular weight excluding hydrogens is 375 g/mol. The van der Waals surface area contributed by atoms with Crippen LogP contribution in [0, 0.1) is 17.1 Å². The van der Waals surface area contributed by atoms with Gasteiger partial charge in [-0.05, 0) is 43.2 Å². The number of carbonyl (C=O) groups is 1. The van der Waals surface area contributed by atoms with Crippen LogP contribution >= 0.6 is 0 Å². The van der Waals surface area contributed by atoms with Crippen molar-refractivity contribution in [3.8, 4) is 23.2 Å². The zero-order chi connectivity index (χ0) is 20.4. The van der Waals surface area contributed by atoms with E-state index < -0.39 is 17.8 Å². The second kappa shape index (κ2) is 7.72. The van der Waals surface area contributed by atoms with E-state index >= 15 is 0 Å². The molecular formula is C21H17FN4O3. The highest BCUT2D eigenvalue weighted by Crippen LogP contribution is 2.35. The van der Waals surface area contributed by atoms with Gasteiger partial charge in [-0.15, -0.1) is 0 Å². The molecule has 0 radical (unpaired) electrons. The Labute approximate surface area is 166 Å². The fraction of sp³-hybridized carbons (Fsp3) is 0.238. The highest BCUT2D eigenvalue weighted by atomic mass is 19.1. The minimum Gasteiger partial charge on any atom is -0.496 e. The van der Waals surface area contributed by atoms with E-state index in [1.165, 1.54) is 17.0 Å². The van der Waals surface area contributed by atoms with Crippen molar-refractivity contribution in [2.45, 2.75) is 18.9 Å². The van der Waals surface area contributed by atoms with Crippen LogP contribution < -0.4 is 4.74 Å². The molecule has 0 N–H and O–H groups in total. The first kappa shape index (κ1) is 18.6. The number of nitrogens with zero attached hydrogens (tertiary/aromatic N) is 4. The number of hydrogen-bond acceptors (Lipinski definition) is 6. The molecule has 0 bridgehead atoms. The van der Waals surface area contributed by atoms with Crippen molar-refractivity contribution < 1.29 is 18.4 Å². The molecule has 2 aromatic carbocycles. The van der Waals surface area contributed by atoms with Crippen molar-refractivity contribution in [2.75, 3.05) is 13.7 Å². The lowest BCUT2D eigenvalue weighted by Crippen LogP contribution is -2.31. The summed E-state index contributed by atoms with van der Waals surface area (Å²) in [5, 5.41) is 12.9. The van der Waals surface area contributed by atoms with Crippen LogP contribution in [-0.2, 0) is 0 Å². The number of benzene rings is 2. The number of para-hydroxylation sites is 1. The highest BCUT2D eigenvalue weighted by Gasteiger charge is 2.35. The van der Waals surface area contributed by atoms with Crippen molar-refractivity contribution in [1.29, 1.82) is 5.26 Å². The average molecular weight is 392 g/mol. The Morgan fingerprint density at radius 1 is 1.34 bits per heavy atom. The zero-order valence-electron chi connectivity index (χ0n) is 15.6. The Morgan fingerprint density at radius 3 is 2.93 bits per heavy atom. The number of aromatic nitrogens is 2. The largest absolute Gasteiger partial charge is 0.496 e. The van der Waals surface area contributed by atoms with Crippen molar-refractivity contribution >= 4 is 5.91 Å².